The molecule has 2 N–H and O–H groups in total. The van der Waals surface area contributed by atoms with Crippen molar-refractivity contribution in [1.29, 1.82) is 0 Å². The summed E-state index contributed by atoms with van der Waals surface area (Å²) in [4.78, 5) is 12.2. The van der Waals surface area contributed by atoms with Gasteiger partial charge in [0.05, 0.1) is 5.56 Å². The summed E-state index contributed by atoms with van der Waals surface area (Å²) >= 11 is 1.86. The van der Waals surface area contributed by atoms with E-state index in [1.165, 1.54) is 19.3 Å². The molecule has 0 atom stereocenters. The molecular formula is C16H23NO2S. The number of benzene rings is 1. The molecule has 4 heteroatoms. The first kappa shape index (κ1) is 15.2. The smallest absolute Gasteiger partial charge is 0.255 e. The summed E-state index contributed by atoms with van der Waals surface area (Å²) in [7, 11) is 0. The van der Waals surface area contributed by atoms with E-state index < -0.39 is 0 Å². The van der Waals surface area contributed by atoms with E-state index in [9.17, 15) is 9.90 Å². The van der Waals surface area contributed by atoms with Crippen LogP contribution in [0, 0.1) is 6.92 Å². The molecule has 1 aromatic carbocycles. The van der Waals surface area contributed by atoms with Gasteiger partial charge < -0.3 is 10.4 Å². The molecule has 0 heterocycles. The third-order valence-electron chi connectivity index (χ3n) is 4.17. The van der Waals surface area contributed by atoms with Crippen LogP contribution in [0.15, 0.2) is 18.2 Å². The van der Waals surface area contributed by atoms with Crippen LogP contribution >= 0.6 is 11.8 Å². The Morgan fingerprint density at radius 1 is 1.35 bits per heavy atom. The molecule has 0 aliphatic heterocycles. The zero-order valence-electron chi connectivity index (χ0n) is 12.2. The molecule has 110 valence electrons. The fraction of sp³-hybridized carbons (Fsp3) is 0.562. The molecule has 1 aliphatic rings. The molecule has 0 saturated heterocycles. The third kappa shape index (κ3) is 3.48. The number of hydrogen-bond acceptors (Lipinski definition) is 3. The largest absolute Gasteiger partial charge is 0.507 e. The molecular weight excluding hydrogens is 270 g/mol. The monoisotopic (exact) mass is 293 g/mol. The van der Waals surface area contributed by atoms with Gasteiger partial charge in [-0.25, -0.2) is 0 Å². The van der Waals surface area contributed by atoms with Gasteiger partial charge in [0, 0.05) is 11.3 Å². The van der Waals surface area contributed by atoms with E-state index in [0.717, 1.165) is 18.4 Å². The Morgan fingerprint density at radius 3 is 2.70 bits per heavy atom. The Kier molecular flexibility index (Phi) is 4.97. The van der Waals surface area contributed by atoms with Gasteiger partial charge in [0.25, 0.3) is 5.91 Å². The van der Waals surface area contributed by atoms with Gasteiger partial charge in [-0.3, -0.25) is 4.79 Å². The lowest BCUT2D eigenvalue weighted by Gasteiger charge is -2.35. The maximum atomic E-state index is 12.2. The quantitative estimate of drug-likeness (QED) is 0.893. The number of rotatable bonds is 4. The number of nitrogens with one attached hydrogen (secondary N) is 1. The summed E-state index contributed by atoms with van der Waals surface area (Å²) in [5.74, 6) is -0.125. The highest BCUT2D eigenvalue weighted by Gasteiger charge is 2.31. The van der Waals surface area contributed by atoms with E-state index in [1.54, 1.807) is 18.2 Å². The van der Waals surface area contributed by atoms with Gasteiger partial charge in [0.1, 0.15) is 5.75 Å². The average molecular weight is 293 g/mol. The van der Waals surface area contributed by atoms with E-state index in [0.29, 0.717) is 12.1 Å². The predicted molar refractivity (Wildman–Crippen MR) is 84.5 cm³/mol. The van der Waals surface area contributed by atoms with Gasteiger partial charge in [-0.15, -0.1) is 0 Å². The van der Waals surface area contributed by atoms with Crippen LogP contribution < -0.4 is 5.32 Å². The molecule has 1 aliphatic carbocycles. The van der Waals surface area contributed by atoms with Crippen LogP contribution in [0.1, 0.15) is 48.0 Å². The Bertz CT molecular complexity index is 481. The second-order valence-corrected chi connectivity index (χ2v) is 6.93. The fourth-order valence-corrected chi connectivity index (χ4v) is 3.73. The number of amides is 1. The summed E-state index contributed by atoms with van der Waals surface area (Å²) in [6.07, 6.45) is 8.23. The van der Waals surface area contributed by atoms with E-state index in [2.05, 4.69) is 11.6 Å². The molecule has 20 heavy (non-hydrogen) atoms. The van der Waals surface area contributed by atoms with Crippen LogP contribution in [-0.4, -0.2) is 28.6 Å². The normalized spacial score (nSPS) is 17.7. The van der Waals surface area contributed by atoms with Crippen molar-refractivity contribution in [3.63, 3.8) is 0 Å². The highest BCUT2D eigenvalue weighted by Crippen LogP contribution is 2.38. The predicted octanol–water partition coefficient (Wildman–Crippen LogP) is 3.50. The van der Waals surface area contributed by atoms with Crippen molar-refractivity contribution in [2.75, 3.05) is 12.8 Å². The molecule has 1 aromatic rings. The van der Waals surface area contributed by atoms with E-state index >= 15 is 0 Å². The molecule has 3 nitrogen and oxygen atoms in total. The minimum Gasteiger partial charge on any atom is -0.507 e. The molecule has 0 bridgehead atoms. The zero-order valence-corrected chi connectivity index (χ0v) is 13.1. The molecule has 0 unspecified atom stereocenters. The van der Waals surface area contributed by atoms with Crippen LogP contribution in [0.25, 0.3) is 0 Å². The van der Waals surface area contributed by atoms with Crippen molar-refractivity contribution in [1.82, 2.24) is 5.32 Å². The average Bonchev–Trinajstić information content (AvgIpc) is 2.48. The first-order chi connectivity index (χ1) is 9.56. The van der Waals surface area contributed by atoms with Crippen LogP contribution in [0.4, 0.5) is 0 Å². The van der Waals surface area contributed by atoms with Crippen molar-refractivity contribution in [2.24, 2.45) is 0 Å². The minimum absolute atomic E-state index is 0.0509. The number of hydrogen-bond donors (Lipinski definition) is 2. The number of aromatic hydroxyl groups is 1. The topological polar surface area (TPSA) is 49.3 Å². The second kappa shape index (κ2) is 6.53. The summed E-state index contributed by atoms with van der Waals surface area (Å²) in [6.45, 7) is 2.60. The maximum Gasteiger partial charge on any atom is 0.255 e. The lowest BCUT2D eigenvalue weighted by Crippen LogP contribution is -2.41. The highest BCUT2D eigenvalue weighted by molar-refractivity contribution is 8.00. The Labute approximate surface area is 125 Å². The van der Waals surface area contributed by atoms with Gasteiger partial charge in [0.15, 0.2) is 0 Å². The number of phenols is 1. The highest BCUT2D eigenvalue weighted by atomic mass is 32.2. The van der Waals surface area contributed by atoms with Crippen molar-refractivity contribution in [3.8, 4) is 5.75 Å². The second-order valence-electron chi connectivity index (χ2n) is 5.65. The van der Waals surface area contributed by atoms with Gasteiger partial charge in [0.2, 0.25) is 0 Å². The first-order valence-corrected chi connectivity index (χ1v) is 8.42. The number of phenolic OH excluding ortho intramolecular Hbond substituents is 1. The van der Waals surface area contributed by atoms with Crippen molar-refractivity contribution in [3.05, 3.63) is 29.3 Å². The van der Waals surface area contributed by atoms with Gasteiger partial charge in [-0.2, -0.15) is 11.8 Å². The zero-order chi connectivity index (χ0) is 14.6. The fourth-order valence-electron chi connectivity index (χ4n) is 2.82. The Hall–Kier alpha value is -1.16. The van der Waals surface area contributed by atoms with Crippen molar-refractivity contribution < 1.29 is 9.90 Å². The molecule has 1 amide bonds. The summed E-state index contributed by atoms with van der Waals surface area (Å²) < 4.78 is 0.174. The number of carbonyl (C=O) groups excluding carboxylic acids is 1. The summed E-state index contributed by atoms with van der Waals surface area (Å²) in [6, 6.07) is 5.11. The van der Waals surface area contributed by atoms with Crippen molar-refractivity contribution >= 4 is 17.7 Å². The Morgan fingerprint density at radius 2 is 2.05 bits per heavy atom. The first-order valence-electron chi connectivity index (χ1n) is 7.19. The van der Waals surface area contributed by atoms with Gasteiger partial charge in [-0.1, -0.05) is 30.9 Å². The minimum atomic E-state index is -0.176. The number of carbonyl (C=O) groups is 1. The van der Waals surface area contributed by atoms with E-state index in [1.807, 2.05) is 18.7 Å². The van der Waals surface area contributed by atoms with E-state index in [-0.39, 0.29) is 16.4 Å². The molecule has 1 fully saturated rings. The molecule has 0 radical (unpaired) electrons. The number of aryl methyl sites for hydroxylation is 1. The lowest BCUT2D eigenvalue weighted by atomic mass is 9.88. The molecule has 1 saturated carbocycles. The van der Waals surface area contributed by atoms with E-state index in [4.69, 9.17) is 0 Å². The summed E-state index contributed by atoms with van der Waals surface area (Å²) in [5.41, 5.74) is 1.35. The van der Waals surface area contributed by atoms with Crippen LogP contribution in [0.2, 0.25) is 0 Å². The van der Waals surface area contributed by atoms with Gasteiger partial charge >= 0.3 is 0 Å². The standard InChI is InChI=1S/C16H23NO2S/c1-12-6-7-14(18)13(10-12)15(19)17-11-16(20-2)8-4-3-5-9-16/h6-7,10,18H,3-5,8-9,11H2,1-2H3,(H,17,19). The molecule has 0 aromatic heterocycles. The Balaban J connectivity index is 2.02. The third-order valence-corrected chi connectivity index (χ3v) is 5.58. The number of thioether (sulfide) groups is 1. The SMILES string of the molecule is CSC1(CNC(=O)c2cc(C)ccc2O)CCCCC1. The molecule has 0 spiro atoms. The summed E-state index contributed by atoms with van der Waals surface area (Å²) in [5, 5.41) is 12.8. The van der Waals surface area contributed by atoms with Crippen LogP contribution in [0.5, 0.6) is 5.75 Å². The lowest BCUT2D eigenvalue weighted by molar-refractivity contribution is 0.0944. The van der Waals surface area contributed by atoms with Crippen LogP contribution in [0.3, 0.4) is 0 Å². The van der Waals surface area contributed by atoms with Gasteiger partial charge in [-0.05, 0) is 38.2 Å². The van der Waals surface area contributed by atoms with Crippen molar-refractivity contribution in [2.45, 2.75) is 43.8 Å². The maximum absolute atomic E-state index is 12.2. The van der Waals surface area contributed by atoms with Crippen LogP contribution in [-0.2, 0) is 0 Å². The molecule has 2 rings (SSSR count).